The van der Waals surface area contributed by atoms with Crippen molar-refractivity contribution < 1.29 is 0 Å². The van der Waals surface area contributed by atoms with Crippen molar-refractivity contribution in [3.05, 3.63) is 302 Å². The van der Waals surface area contributed by atoms with Gasteiger partial charge in [0.2, 0.25) is 0 Å². The van der Waals surface area contributed by atoms with Crippen LogP contribution in [0.3, 0.4) is 0 Å². The van der Waals surface area contributed by atoms with Gasteiger partial charge in [-0.15, -0.1) is 0 Å². The van der Waals surface area contributed by atoms with E-state index in [0.717, 1.165) is 95.3 Å². The fourth-order valence-corrected chi connectivity index (χ4v) is 13.7. The van der Waals surface area contributed by atoms with Crippen LogP contribution in [0.15, 0.2) is 291 Å². The summed E-state index contributed by atoms with van der Waals surface area (Å²) in [7, 11) is 0. The number of fused-ring (bicyclic) bond motifs is 6. The molecule has 434 valence electrons. The average molecular weight is 1170 g/mol. The summed E-state index contributed by atoms with van der Waals surface area (Å²) in [5.74, 6) is 1.71. The molecule has 0 amide bonds. The Balaban J connectivity index is 1.02. The lowest BCUT2D eigenvalue weighted by Gasteiger charge is -2.44. The summed E-state index contributed by atoms with van der Waals surface area (Å²) < 4.78 is 0. The van der Waals surface area contributed by atoms with Gasteiger partial charge >= 0.3 is 0 Å². The van der Waals surface area contributed by atoms with Crippen molar-refractivity contribution in [1.82, 2.24) is 15.0 Å². The molecule has 0 N–H and O–H groups in total. The van der Waals surface area contributed by atoms with Crippen LogP contribution in [0.1, 0.15) is 52.7 Å². The van der Waals surface area contributed by atoms with Crippen LogP contribution in [0.2, 0.25) is 0 Å². The zero-order chi connectivity index (χ0) is 61.5. The molecule has 0 fully saturated rings. The lowest BCUT2D eigenvalue weighted by atomic mass is 9.33. The Morgan fingerprint density at radius 1 is 0.253 bits per heavy atom. The third-order valence-electron chi connectivity index (χ3n) is 18.5. The van der Waals surface area contributed by atoms with E-state index < -0.39 is 0 Å². The third-order valence-corrected chi connectivity index (χ3v) is 18.5. The second-order valence-electron chi connectivity index (χ2n) is 26.5. The van der Waals surface area contributed by atoms with Gasteiger partial charge in [-0.1, -0.05) is 248 Å². The van der Waals surface area contributed by atoms with Gasteiger partial charge in [0.1, 0.15) is 0 Å². The molecule has 16 rings (SSSR count). The van der Waals surface area contributed by atoms with Crippen LogP contribution in [-0.2, 0) is 10.8 Å². The van der Waals surface area contributed by atoms with Crippen LogP contribution >= 0.6 is 0 Å². The number of aromatic nitrogens is 3. The van der Waals surface area contributed by atoms with Crippen molar-refractivity contribution in [2.24, 2.45) is 0 Å². The molecule has 0 spiro atoms. The molecule has 6 heteroatoms. The minimum Gasteiger partial charge on any atom is -0.311 e. The summed E-state index contributed by atoms with van der Waals surface area (Å²) in [6.07, 6.45) is 0. The van der Waals surface area contributed by atoms with Crippen molar-refractivity contribution in [2.75, 3.05) is 9.80 Å². The van der Waals surface area contributed by atoms with E-state index in [9.17, 15) is 0 Å². The van der Waals surface area contributed by atoms with Gasteiger partial charge in [-0.2, -0.15) is 0 Å². The number of anilines is 6. The van der Waals surface area contributed by atoms with Crippen LogP contribution in [0, 0.1) is 0 Å². The number of nitrogens with zero attached hydrogens (tertiary/aromatic N) is 5. The zero-order valence-corrected chi connectivity index (χ0v) is 52.0. The lowest BCUT2D eigenvalue weighted by Crippen LogP contribution is -2.61. The maximum absolute atomic E-state index is 5.78. The molecule has 2 aliphatic heterocycles. The summed E-state index contributed by atoms with van der Waals surface area (Å²) in [6, 6.07) is 107. The van der Waals surface area contributed by atoms with Gasteiger partial charge in [0.25, 0.3) is 6.71 Å². The number of rotatable bonds is 9. The van der Waals surface area contributed by atoms with Gasteiger partial charge in [0.15, 0.2) is 17.5 Å². The van der Waals surface area contributed by atoms with Crippen molar-refractivity contribution in [3.63, 3.8) is 0 Å². The first-order valence-electron chi connectivity index (χ1n) is 31.7. The Morgan fingerprint density at radius 3 is 0.835 bits per heavy atom. The molecule has 13 aromatic carbocycles. The first-order chi connectivity index (χ1) is 44.3. The van der Waals surface area contributed by atoms with E-state index in [-0.39, 0.29) is 17.5 Å². The second-order valence-corrected chi connectivity index (χ2v) is 26.5. The highest BCUT2D eigenvalue weighted by molar-refractivity contribution is 7.00. The van der Waals surface area contributed by atoms with Gasteiger partial charge in [0.05, 0.1) is 0 Å². The molecule has 3 heterocycles. The van der Waals surface area contributed by atoms with Crippen LogP contribution in [0.5, 0.6) is 0 Å². The van der Waals surface area contributed by atoms with E-state index >= 15 is 0 Å². The highest BCUT2D eigenvalue weighted by atomic mass is 15.2. The molecule has 2 aliphatic rings. The SMILES string of the molecule is CC(C)(C)c1ccc(N2c3cc4ccccc4cc3B3c4cc5ccccc5cc4N(c4ccc(C(C)(C)C)cc4)c4cc(-c5nc(-c6cc(-c7ccccc7)cc(-c7ccccc7)c6)nc(-c6cc(-c7ccccc7)cc(-c7ccccc7)c6)n5)cc2c43)cc1. The van der Waals surface area contributed by atoms with Gasteiger partial charge in [-0.05, 0) is 189 Å². The Hall–Kier alpha value is -10.9. The largest absolute Gasteiger partial charge is 0.311 e. The van der Waals surface area contributed by atoms with Crippen LogP contribution in [-0.4, -0.2) is 21.7 Å². The topological polar surface area (TPSA) is 45.2 Å². The van der Waals surface area contributed by atoms with E-state index in [2.05, 4.69) is 343 Å². The molecular weight excluding hydrogens is 1100 g/mol. The highest BCUT2D eigenvalue weighted by Crippen LogP contribution is 2.48. The molecule has 91 heavy (non-hydrogen) atoms. The van der Waals surface area contributed by atoms with E-state index in [4.69, 9.17) is 15.0 Å². The molecule has 0 unspecified atom stereocenters. The predicted molar refractivity (Wildman–Crippen MR) is 384 cm³/mol. The first-order valence-corrected chi connectivity index (χ1v) is 31.7. The summed E-state index contributed by atoms with van der Waals surface area (Å²) in [6.45, 7) is 13.6. The van der Waals surface area contributed by atoms with Crippen LogP contribution in [0.25, 0.3) is 100 Å². The molecule has 0 saturated carbocycles. The number of hydrogen-bond donors (Lipinski definition) is 0. The number of benzene rings is 13. The first kappa shape index (κ1) is 55.4. The Bertz CT molecular complexity index is 4680. The van der Waals surface area contributed by atoms with Crippen molar-refractivity contribution in [1.29, 1.82) is 0 Å². The summed E-state index contributed by atoms with van der Waals surface area (Å²) in [5.41, 5.74) is 24.1. The minimum atomic E-state index is -0.146. The standard InChI is InChI=1S/C85H66BN5/c1-84(2,3)70-35-39-72(40-36-70)90-76-51-61-33-21-19-31-59(61)49-74(76)86-75-50-60-32-20-22-34-62(60)52-77(75)91(73-41-37-71(38-42-73)85(4,5)6)79-54-69(53-78(90)80(79)86)83-88-81(67-45-63(55-23-11-7-12-24-55)43-64(46-67)56-25-13-8-14-26-56)87-82(89-83)68-47-65(57-27-15-9-16-28-57)44-66(48-68)58-29-17-10-18-30-58/h7-54H,1-6H3. The zero-order valence-electron chi connectivity index (χ0n) is 52.0. The molecule has 1 aromatic heterocycles. The minimum absolute atomic E-state index is 0.0483. The van der Waals surface area contributed by atoms with Crippen molar-refractivity contribution in [2.45, 2.75) is 52.4 Å². The van der Waals surface area contributed by atoms with E-state index in [1.807, 2.05) is 0 Å². The number of hydrogen-bond acceptors (Lipinski definition) is 5. The molecular formula is C85H66BN5. The smallest absolute Gasteiger partial charge is 0.252 e. The lowest BCUT2D eigenvalue weighted by molar-refractivity contribution is 0.590. The Morgan fingerprint density at radius 2 is 0.527 bits per heavy atom. The van der Waals surface area contributed by atoms with Gasteiger partial charge < -0.3 is 9.80 Å². The summed E-state index contributed by atoms with van der Waals surface area (Å²) in [5, 5.41) is 4.77. The van der Waals surface area contributed by atoms with Crippen molar-refractivity contribution in [3.8, 4) is 78.7 Å². The van der Waals surface area contributed by atoms with Gasteiger partial charge in [-0.3, -0.25) is 0 Å². The average Bonchev–Trinajstić information content (AvgIpc) is 0.696. The normalized spacial score (nSPS) is 12.7. The monoisotopic (exact) mass is 1170 g/mol. The van der Waals surface area contributed by atoms with E-state index in [1.54, 1.807) is 0 Å². The molecule has 5 nitrogen and oxygen atoms in total. The third kappa shape index (κ3) is 10.1. The van der Waals surface area contributed by atoms with Gasteiger partial charge in [0, 0.05) is 50.8 Å². The maximum Gasteiger partial charge on any atom is 0.252 e. The van der Waals surface area contributed by atoms with Gasteiger partial charge in [-0.25, -0.2) is 15.0 Å². The molecule has 14 aromatic rings. The fourth-order valence-electron chi connectivity index (χ4n) is 13.7. The molecule has 0 aliphatic carbocycles. The molecule has 0 atom stereocenters. The van der Waals surface area contributed by atoms with Crippen LogP contribution in [0.4, 0.5) is 34.1 Å². The predicted octanol–water partition coefficient (Wildman–Crippen LogP) is 20.5. The molecule has 0 saturated heterocycles. The molecule has 0 bridgehead atoms. The van der Waals surface area contributed by atoms with Crippen LogP contribution < -0.4 is 26.2 Å². The Kier molecular flexibility index (Phi) is 13.4. The maximum atomic E-state index is 5.78. The Labute approximate surface area is 533 Å². The van der Waals surface area contributed by atoms with Crippen molar-refractivity contribution >= 4 is 78.8 Å². The summed E-state index contributed by atoms with van der Waals surface area (Å²) in [4.78, 5) is 22.2. The highest BCUT2D eigenvalue weighted by Gasteiger charge is 2.44. The molecule has 0 radical (unpaired) electrons. The fraction of sp³-hybridized carbons (Fsp3) is 0.0941. The quantitative estimate of drug-likeness (QED) is 0.135. The second kappa shape index (κ2) is 22.0. The van der Waals surface area contributed by atoms with E-state index in [0.29, 0.717) is 17.5 Å². The summed E-state index contributed by atoms with van der Waals surface area (Å²) >= 11 is 0. The van der Waals surface area contributed by atoms with E-state index in [1.165, 1.54) is 49.1 Å².